The van der Waals surface area contributed by atoms with Crippen LogP contribution in [-0.4, -0.2) is 16.0 Å². The number of anilines is 1. The number of carbonyl (C=O) groups is 1. The van der Waals surface area contributed by atoms with Crippen LogP contribution < -0.4 is 10.9 Å². The van der Waals surface area contributed by atoms with E-state index in [-0.39, 0.29) is 17.7 Å². The standard InChI is InChI=1S/C23H17FIN3O3/c1-13-21-19(14(12-29)11-26-13)10-20(22(30)27-17-8-4-16(25)5-9-17)23(31-21)28-18-6-2-15(24)3-7-18/h2-11,29H,12H2,1H3,(H,27,30). The lowest BCUT2D eigenvalue weighted by Gasteiger charge is -2.10. The Labute approximate surface area is 190 Å². The molecule has 0 aliphatic carbocycles. The SMILES string of the molecule is Cc1ncc(CO)c2cc(C(=O)Nc3ccc(I)cc3)c(=Nc3ccc(F)cc3)oc12. The largest absolute Gasteiger partial charge is 0.436 e. The summed E-state index contributed by atoms with van der Waals surface area (Å²) in [4.78, 5) is 21.8. The van der Waals surface area contributed by atoms with Gasteiger partial charge in [0.2, 0.25) is 5.55 Å². The number of aromatic nitrogens is 1. The monoisotopic (exact) mass is 529 g/mol. The summed E-state index contributed by atoms with van der Waals surface area (Å²) in [5.74, 6) is -0.815. The second-order valence-corrected chi connectivity index (χ2v) is 8.03. The van der Waals surface area contributed by atoms with E-state index < -0.39 is 11.7 Å². The van der Waals surface area contributed by atoms with Crippen molar-refractivity contribution in [2.45, 2.75) is 13.5 Å². The Bertz CT molecular complexity index is 1330. The van der Waals surface area contributed by atoms with E-state index in [0.29, 0.717) is 33.6 Å². The molecule has 0 fully saturated rings. The van der Waals surface area contributed by atoms with Crippen LogP contribution in [0.1, 0.15) is 21.6 Å². The maximum atomic E-state index is 13.3. The van der Waals surface area contributed by atoms with E-state index in [1.807, 2.05) is 12.1 Å². The molecule has 31 heavy (non-hydrogen) atoms. The summed E-state index contributed by atoms with van der Waals surface area (Å²) in [6, 6.07) is 14.5. The summed E-state index contributed by atoms with van der Waals surface area (Å²) >= 11 is 2.18. The lowest BCUT2D eigenvalue weighted by molar-refractivity contribution is 0.102. The van der Waals surface area contributed by atoms with Gasteiger partial charge >= 0.3 is 0 Å². The molecule has 2 aromatic carbocycles. The number of aryl methyl sites for hydroxylation is 1. The first-order valence-electron chi connectivity index (χ1n) is 9.35. The molecule has 8 heteroatoms. The van der Waals surface area contributed by atoms with Crippen LogP contribution in [0.25, 0.3) is 11.0 Å². The number of benzene rings is 2. The van der Waals surface area contributed by atoms with E-state index in [9.17, 15) is 14.3 Å². The number of fused-ring (bicyclic) bond motifs is 1. The first-order chi connectivity index (χ1) is 14.9. The van der Waals surface area contributed by atoms with Crippen molar-refractivity contribution in [1.29, 1.82) is 0 Å². The second-order valence-electron chi connectivity index (χ2n) is 6.78. The summed E-state index contributed by atoms with van der Waals surface area (Å²) in [6.45, 7) is 1.51. The van der Waals surface area contributed by atoms with Gasteiger partial charge in [-0.1, -0.05) is 0 Å². The average molecular weight is 529 g/mol. The molecule has 0 unspecified atom stereocenters. The number of aliphatic hydroxyl groups excluding tert-OH is 1. The van der Waals surface area contributed by atoms with E-state index in [4.69, 9.17) is 4.42 Å². The fraction of sp³-hybridized carbons (Fsp3) is 0.0870. The molecule has 0 bridgehead atoms. The lowest BCUT2D eigenvalue weighted by atomic mass is 10.1. The zero-order valence-corrected chi connectivity index (χ0v) is 18.6. The van der Waals surface area contributed by atoms with Gasteiger partial charge in [0, 0.05) is 26.4 Å². The molecule has 0 aliphatic rings. The first-order valence-corrected chi connectivity index (χ1v) is 10.4. The second kappa shape index (κ2) is 8.94. The normalized spacial score (nSPS) is 11.7. The minimum Gasteiger partial charge on any atom is -0.436 e. The number of halogens is 2. The van der Waals surface area contributed by atoms with Crippen molar-refractivity contribution in [3.05, 3.63) is 92.6 Å². The summed E-state index contributed by atoms with van der Waals surface area (Å²) in [5.41, 5.74) is 2.81. The zero-order chi connectivity index (χ0) is 22.0. The molecular formula is C23H17FIN3O3. The third-order valence-corrected chi connectivity index (χ3v) is 5.34. The summed E-state index contributed by atoms with van der Waals surface area (Å²) < 4.78 is 20.3. The molecule has 6 nitrogen and oxygen atoms in total. The highest BCUT2D eigenvalue weighted by Gasteiger charge is 2.16. The Morgan fingerprint density at radius 2 is 1.90 bits per heavy atom. The highest BCUT2D eigenvalue weighted by atomic mass is 127. The molecule has 0 saturated carbocycles. The van der Waals surface area contributed by atoms with E-state index in [2.05, 4.69) is 37.9 Å². The van der Waals surface area contributed by atoms with E-state index >= 15 is 0 Å². The highest BCUT2D eigenvalue weighted by molar-refractivity contribution is 14.1. The number of aliphatic hydroxyl groups is 1. The van der Waals surface area contributed by atoms with Crippen LogP contribution in [-0.2, 0) is 6.61 Å². The number of hydrogen-bond donors (Lipinski definition) is 2. The van der Waals surface area contributed by atoms with Crippen molar-refractivity contribution in [2.24, 2.45) is 4.99 Å². The first kappa shape index (κ1) is 21.1. The molecule has 4 aromatic rings. The summed E-state index contributed by atoms with van der Waals surface area (Å²) in [5, 5.41) is 13.1. The molecular weight excluding hydrogens is 512 g/mol. The highest BCUT2D eigenvalue weighted by Crippen LogP contribution is 2.22. The third-order valence-electron chi connectivity index (χ3n) is 4.63. The molecule has 0 aliphatic heterocycles. The molecule has 0 atom stereocenters. The Balaban J connectivity index is 1.90. The minimum atomic E-state index is -0.425. The van der Waals surface area contributed by atoms with Gasteiger partial charge < -0.3 is 14.8 Å². The van der Waals surface area contributed by atoms with Gasteiger partial charge in [0.15, 0.2) is 5.58 Å². The topological polar surface area (TPSA) is 87.7 Å². The number of hydrogen-bond acceptors (Lipinski definition) is 5. The van der Waals surface area contributed by atoms with E-state index in [0.717, 1.165) is 3.57 Å². The minimum absolute atomic E-state index is 0.0575. The van der Waals surface area contributed by atoms with Gasteiger partial charge in [-0.2, -0.15) is 0 Å². The predicted octanol–water partition coefficient (Wildman–Crippen LogP) is 4.86. The molecule has 0 radical (unpaired) electrons. The number of carbonyl (C=O) groups excluding carboxylic acids is 1. The quantitative estimate of drug-likeness (QED) is 0.370. The van der Waals surface area contributed by atoms with Crippen LogP contribution in [0.3, 0.4) is 0 Å². The van der Waals surface area contributed by atoms with Crippen molar-refractivity contribution >= 4 is 50.8 Å². The maximum absolute atomic E-state index is 13.3. The van der Waals surface area contributed by atoms with Crippen LogP contribution in [0.15, 0.2) is 70.2 Å². The van der Waals surface area contributed by atoms with Gasteiger partial charge in [-0.15, -0.1) is 0 Å². The fourth-order valence-electron chi connectivity index (χ4n) is 3.02. The average Bonchev–Trinajstić information content (AvgIpc) is 2.77. The predicted molar refractivity (Wildman–Crippen MR) is 123 cm³/mol. The number of nitrogens with one attached hydrogen (secondary N) is 1. The van der Waals surface area contributed by atoms with Crippen molar-refractivity contribution < 1.29 is 18.7 Å². The fourth-order valence-corrected chi connectivity index (χ4v) is 3.38. The maximum Gasteiger partial charge on any atom is 0.261 e. The smallest absolute Gasteiger partial charge is 0.261 e. The van der Waals surface area contributed by atoms with Gasteiger partial charge in [0.05, 0.1) is 18.0 Å². The van der Waals surface area contributed by atoms with Gasteiger partial charge in [-0.25, -0.2) is 9.38 Å². The van der Waals surface area contributed by atoms with Gasteiger partial charge in [-0.05, 0) is 84.1 Å². The van der Waals surface area contributed by atoms with Gasteiger partial charge in [-0.3, -0.25) is 9.78 Å². The Morgan fingerprint density at radius 3 is 2.58 bits per heavy atom. The van der Waals surface area contributed by atoms with Gasteiger partial charge in [0.1, 0.15) is 11.4 Å². The lowest BCUT2D eigenvalue weighted by Crippen LogP contribution is -2.22. The number of amides is 1. The number of nitrogens with zero attached hydrogens (tertiary/aromatic N) is 2. The van der Waals surface area contributed by atoms with Crippen LogP contribution in [0.5, 0.6) is 0 Å². The molecule has 2 N–H and O–H groups in total. The van der Waals surface area contributed by atoms with E-state index in [1.54, 1.807) is 31.3 Å². The van der Waals surface area contributed by atoms with E-state index in [1.165, 1.54) is 24.3 Å². The molecule has 0 saturated heterocycles. The van der Waals surface area contributed by atoms with Crippen molar-refractivity contribution in [2.75, 3.05) is 5.32 Å². The van der Waals surface area contributed by atoms with Crippen LogP contribution in [0.2, 0.25) is 0 Å². The van der Waals surface area contributed by atoms with Crippen LogP contribution in [0, 0.1) is 16.3 Å². The molecule has 2 aromatic heterocycles. The number of pyridine rings is 1. The number of rotatable bonds is 4. The van der Waals surface area contributed by atoms with Crippen molar-refractivity contribution in [1.82, 2.24) is 4.98 Å². The Hall–Kier alpha value is -3.11. The Kier molecular flexibility index (Phi) is 6.10. The van der Waals surface area contributed by atoms with Crippen LogP contribution in [0.4, 0.5) is 15.8 Å². The molecule has 1 amide bonds. The van der Waals surface area contributed by atoms with Crippen LogP contribution >= 0.6 is 22.6 Å². The molecule has 4 rings (SSSR count). The van der Waals surface area contributed by atoms with Crippen molar-refractivity contribution in [3.63, 3.8) is 0 Å². The third kappa shape index (κ3) is 4.64. The zero-order valence-electron chi connectivity index (χ0n) is 16.4. The summed E-state index contributed by atoms with van der Waals surface area (Å²) in [7, 11) is 0. The summed E-state index contributed by atoms with van der Waals surface area (Å²) in [6.07, 6.45) is 1.55. The van der Waals surface area contributed by atoms with Crippen molar-refractivity contribution in [3.8, 4) is 0 Å². The van der Waals surface area contributed by atoms with Gasteiger partial charge in [0.25, 0.3) is 5.91 Å². The molecule has 2 heterocycles. The molecule has 0 spiro atoms. The molecule has 156 valence electrons. The Morgan fingerprint density at radius 1 is 1.19 bits per heavy atom.